The first-order valence-electron chi connectivity index (χ1n) is 4.29. The van der Waals surface area contributed by atoms with E-state index in [1.165, 1.54) is 7.11 Å². The summed E-state index contributed by atoms with van der Waals surface area (Å²) >= 11 is 0. The summed E-state index contributed by atoms with van der Waals surface area (Å²) in [4.78, 5) is 11.3. The van der Waals surface area contributed by atoms with E-state index in [0.717, 1.165) is 16.5 Å². The van der Waals surface area contributed by atoms with Gasteiger partial charge < -0.3 is 9.15 Å². The Bertz CT molecular complexity index is 482. The summed E-state index contributed by atoms with van der Waals surface area (Å²) in [5.74, 6) is -0.333. The number of hydrogen-bond donors (Lipinski definition) is 0. The molecule has 0 aliphatic carbocycles. The number of furan rings is 1. The van der Waals surface area contributed by atoms with Crippen LogP contribution in [-0.4, -0.2) is 13.1 Å². The molecular weight excluding hydrogens is 180 g/mol. The molecule has 3 heteroatoms. The lowest BCUT2D eigenvalue weighted by Crippen LogP contribution is -2.03. The molecule has 0 amide bonds. The van der Waals surface area contributed by atoms with Crippen molar-refractivity contribution < 1.29 is 13.9 Å². The zero-order valence-electron chi connectivity index (χ0n) is 8.03. The van der Waals surface area contributed by atoms with Crippen molar-refractivity contribution in [1.29, 1.82) is 0 Å². The molecule has 1 heterocycles. The highest BCUT2D eigenvalue weighted by molar-refractivity contribution is 5.96. The summed E-state index contributed by atoms with van der Waals surface area (Å²) < 4.78 is 9.94. The minimum atomic E-state index is -0.333. The lowest BCUT2D eigenvalue weighted by molar-refractivity contribution is 0.0600. The second-order valence-corrected chi connectivity index (χ2v) is 3.07. The lowest BCUT2D eigenvalue weighted by Gasteiger charge is -2.03. The predicted octanol–water partition coefficient (Wildman–Crippen LogP) is 2.53. The fraction of sp³-hybridized carbons (Fsp3) is 0.182. The Morgan fingerprint density at radius 3 is 2.86 bits per heavy atom. The van der Waals surface area contributed by atoms with Crippen molar-refractivity contribution >= 4 is 16.9 Å². The number of carbonyl (C=O) groups is 1. The number of carbonyl (C=O) groups excluding carboxylic acids is 1. The van der Waals surface area contributed by atoms with Crippen molar-refractivity contribution in [2.45, 2.75) is 6.92 Å². The molecule has 14 heavy (non-hydrogen) atoms. The highest BCUT2D eigenvalue weighted by Crippen LogP contribution is 2.23. The average Bonchev–Trinajstić information content (AvgIpc) is 2.66. The van der Waals surface area contributed by atoms with Gasteiger partial charge in [-0.2, -0.15) is 0 Å². The van der Waals surface area contributed by atoms with Gasteiger partial charge in [0.2, 0.25) is 0 Å². The van der Waals surface area contributed by atoms with E-state index in [1.54, 1.807) is 12.3 Å². The van der Waals surface area contributed by atoms with Gasteiger partial charge in [-0.3, -0.25) is 0 Å². The standard InChI is InChI=1S/C11H10O3/c1-7-9(11(12)13-2)4-3-8-5-6-14-10(7)8/h3-6H,1-2H3. The Labute approximate surface area is 81.3 Å². The third-order valence-corrected chi connectivity index (χ3v) is 2.28. The summed E-state index contributed by atoms with van der Waals surface area (Å²) in [6.07, 6.45) is 1.61. The largest absolute Gasteiger partial charge is 0.465 e. The minimum Gasteiger partial charge on any atom is -0.465 e. The van der Waals surface area contributed by atoms with Crippen molar-refractivity contribution in [2.24, 2.45) is 0 Å². The highest BCUT2D eigenvalue weighted by atomic mass is 16.5. The van der Waals surface area contributed by atoms with E-state index in [4.69, 9.17) is 4.42 Å². The summed E-state index contributed by atoms with van der Waals surface area (Å²) in [7, 11) is 1.37. The van der Waals surface area contributed by atoms with Crippen molar-refractivity contribution in [3.63, 3.8) is 0 Å². The smallest absolute Gasteiger partial charge is 0.338 e. The van der Waals surface area contributed by atoms with Crippen LogP contribution in [0.15, 0.2) is 28.9 Å². The molecule has 0 bridgehead atoms. The molecule has 1 aromatic carbocycles. The molecule has 0 aliphatic heterocycles. The number of methoxy groups -OCH3 is 1. The molecular formula is C11H10O3. The van der Waals surface area contributed by atoms with Gasteiger partial charge in [0.05, 0.1) is 18.9 Å². The molecule has 0 atom stereocenters. The van der Waals surface area contributed by atoms with Crippen LogP contribution in [0.5, 0.6) is 0 Å². The number of esters is 1. The maximum Gasteiger partial charge on any atom is 0.338 e. The van der Waals surface area contributed by atoms with Gasteiger partial charge in [0, 0.05) is 10.9 Å². The summed E-state index contributed by atoms with van der Waals surface area (Å²) in [6, 6.07) is 5.46. The summed E-state index contributed by atoms with van der Waals surface area (Å²) in [5, 5.41) is 0.996. The molecule has 2 rings (SSSR count). The molecule has 0 fully saturated rings. The third-order valence-electron chi connectivity index (χ3n) is 2.28. The van der Waals surface area contributed by atoms with Gasteiger partial charge in [-0.25, -0.2) is 4.79 Å². The number of rotatable bonds is 1. The van der Waals surface area contributed by atoms with Gasteiger partial charge in [-0.15, -0.1) is 0 Å². The van der Waals surface area contributed by atoms with Crippen molar-refractivity contribution in [2.75, 3.05) is 7.11 Å². The third kappa shape index (κ3) is 1.18. The fourth-order valence-corrected chi connectivity index (χ4v) is 1.51. The number of aryl methyl sites for hydroxylation is 1. The molecule has 2 aromatic rings. The van der Waals surface area contributed by atoms with E-state index in [0.29, 0.717) is 5.56 Å². The topological polar surface area (TPSA) is 39.4 Å². The molecule has 0 aliphatic rings. The molecule has 0 unspecified atom stereocenters. The van der Waals surface area contributed by atoms with E-state index >= 15 is 0 Å². The molecule has 0 spiro atoms. The molecule has 72 valence electrons. The normalized spacial score (nSPS) is 10.4. The van der Waals surface area contributed by atoms with Crippen LogP contribution in [-0.2, 0) is 4.74 Å². The van der Waals surface area contributed by atoms with Crippen LogP contribution in [0.1, 0.15) is 15.9 Å². The SMILES string of the molecule is COC(=O)c1ccc2ccoc2c1C. The zero-order valence-corrected chi connectivity index (χ0v) is 8.03. The Morgan fingerprint density at radius 1 is 1.36 bits per heavy atom. The minimum absolute atomic E-state index is 0.333. The first kappa shape index (κ1) is 8.81. The van der Waals surface area contributed by atoms with Crippen LogP contribution in [0.2, 0.25) is 0 Å². The van der Waals surface area contributed by atoms with E-state index in [-0.39, 0.29) is 5.97 Å². The monoisotopic (exact) mass is 190 g/mol. The fourth-order valence-electron chi connectivity index (χ4n) is 1.51. The first-order chi connectivity index (χ1) is 6.74. The van der Waals surface area contributed by atoms with E-state index in [1.807, 2.05) is 19.1 Å². The second kappa shape index (κ2) is 3.18. The van der Waals surface area contributed by atoms with E-state index in [2.05, 4.69) is 4.74 Å². The molecule has 0 saturated heterocycles. The number of benzene rings is 1. The number of hydrogen-bond acceptors (Lipinski definition) is 3. The van der Waals surface area contributed by atoms with Gasteiger partial charge in [0.15, 0.2) is 0 Å². The molecule has 0 N–H and O–H groups in total. The Hall–Kier alpha value is -1.77. The molecule has 0 radical (unpaired) electrons. The van der Waals surface area contributed by atoms with Crippen LogP contribution in [0.3, 0.4) is 0 Å². The van der Waals surface area contributed by atoms with Crippen LogP contribution in [0.4, 0.5) is 0 Å². The quantitative estimate of drug-likeness (QED) is 0.648. The van der Waals surface area contributed by atoms with Gasteiger partial charge in [-0.1, -0.05) is 6.07 Å². The van der Waals surface area contributed by atoms with Gasteiger partial charge in [0.1, 0.15) is 5.58 Å². The number of ether oxygens (including phenoxy) is 1. The molecule has 3 nitrogen and oxygen atoms in total. The van der Waals surface area contributed by atoms with E-state index in [9.17, 15) is 4.79 Å². The first-order valence-corrected chi connectivity index (χ1v) is 4.29. The maximum atomic E-state index is 11.3. The Kier molecular flexibility index (Phi) is 2.00. The van der Waals surface area contributed by atoms with Gasteiger partial charge in [-0.05, 0) is 19.1 Å². The highest BCUT2D eigenvalue weighted by Gasteiger charge is 2.12. The molecule has 0 saturated carbocycles. The molecule has 1 aromatic heterocycles. The number of fused-ring (bicyclic) bond motifs is 1. The lowest BCUT2D eigenvalue weighted by atomic mass is 10.1. The Morgan fingerprint density at radius 2 is 2.14 bits per heavy atom. The van der Waals surface area contributed by atoms with Crippen LogP contribution < -0.4 is 0 Å². The summed E-state index contributed by atoms with van der Waals surface area (Å²) in [6.45, 7) is 1.85. The average molecular weight is 190 g/mol. The predicted molar refractivity (Wildman–Crippen MR) is 52.3 cm³/mol. The zero-order chi connectivity index (χ0) is 10.1. The van der Waals surface area contributed by atoms with Crippen molar-refractivity contribution in [3.05, 3.63) is 35.6 Å². The Balaban J connectivity index is 2.67. The van der Waals surface area contributed by atoms with Gasteiger partial charge in [0.25, 0.3) is 0 Å². The second-order valence-electron chi connectivity index (χ2n) is 3.07. The van der Waals surface area contributed by atoms with Crippen molar-refractivity contribution in [3.8, 4) is 0 Å². The summed E-state index contributed by atoms with van der Waals surface area (Å²) in [5.41, 5.74) is 2.11. The van der Waals surface area contributed by atoms with Crippen LogP contribution in [0.25, 0.3) is 11.0 Å². The van der Waals surface area contributed by atoms with Crippen molar-refractivity contribution in [1.82, 2.24) is 0 Å². The maximum absolute atomic E-state index is 11.3. The van der Waals surface area contributed by atoms with E-state index < -0.39 is 0 Å². The van der Waals surface area contributed by atoms with Gasteiger partial charge >= 0.3 is 5.97 Å². The van der Waals surface area contributed by atoms with Crippen LogP contribution in [0, 0.1) is 6.92 Å². The van der Waals surface area contributed by atoms with Crippen LogP contribution >= 0.6 is 0 Å².